The van der Waals surface area contributed by atoms with Crippen molar-refractivity contribution >= 4 is 23.2 Å². The maximum absolute atomic E-state index is 13.1. The Kier molecular flexibility index (Phi) is 6.10. The fourth-order valence-electron chi connectivity index (χ4n) is 3.88. The van der Waals surface area contributed by atoms with E-state index in [1.54, 1.807) is 23.7 Å². The summed E-state index contributed by atoms with van der Waals surface area (Å²) in [6.45, 7) is 0.807. The van der Waals surface area contributed by atoms with E-state index in [4.69, 9.17) is 4.42 Å². The first-order valence-corrected chi connectivity index (χ1v) is 10.8. The number of amides is 2. The van der Waals surface area contributed by atoms with E-state index in [1.807, 2.05) is 46.7 Å². The molecule has 4 rings (SSSR count). The van der Waals surface area contributed by atoms with E-state index < -0.39 is 0 Å². The van der Waals surface area contributed by atoms with E-state index in [2.05, 4.69) is 17.4 Å². The molecule has 2 aromatic heterocycles. The molecule has 1 fully saturated rings. The van der Waals surface area contributed by atoms with Gasteiger partial charge in [-0.15, -0.1) is 11.3 Å². The fraction of sp³-hybridized carbons (Fsp3) is 0.304. The van der Waals surface area contributed by atoms with Gasteiger partial charge in [-0.25, -0.2) is 0 Å². The highest BCUT2D eigenvalue weighted by Crippen LogP contribution is 2.34. The van der Waals surface area contributed by atoms with Crippen molar-refractivity contribution in [3.8, 4) is 0 Å². The van der Waals surface area contributed by atoms with Crippen molar-refractivity contribution in [2.75, 3.05) is 6.54 Å². The van der Waals surface area contributed by atoms with Crippen molar-refractivity contribution in [3.05, 3.63) is 82.4 Å². The number of rotatable bonds is 6. The van der Waals surface area contributed by atoms with Crippen LogP contribution in [0, 0.1) is 5.92 Å². The molecule has 29 heavy (non-hydrogen) atoms. The van der Waals surface area contributed by atoms with Crippen LogP contribution in [0.25, 0.3) is 0 Å². The predicted molar refractivity (Wildman–Crippen MR) is 112 cm³/mol. The summed E-state index contributed by atoms with van der Waals surface area (Å²) in [6.07, 6.45) is 3.50. The minimum atomic E-state index is -0.211. The minimum absolute atomic E-state index is 0.0118. The van der Waals surface area contributed by atoms with E-state index in [0.29, 0.717) is 19.5 Å². The van der Waals surface area contributed by atoms with Gasteiger partial charge >= 0.3 is 0 Å². The third-order valence-electron chi connectivity index (χ3n) is 5.38. The van der Waals surface area contributed by atoms with E-state index in [1.165, 1.54) is 0 Å². The number of furan rings is 1. The molecule has 0 saturated carbocycles. The van der Waals surface area contributed by atoms with Gasteiger partial charge in [-0.3, -0.25) is 9.59 Å². The Labute approximate surface area is 174 Å². The Morgan fingerprint density at radius 2 is 1.93 bits per heavy atom. The van der Waals surface area contributed by atoms with E-state index in [-0.39, 0.29) is 23.8 Å². The number of nitrogens with one attached hydrogen (secondary N) is 1. The lowest BCUT2D eigenvalue weighted by molar-refractivity contribution is -0.138. The van der Waals surface area contributed by atoms with Gasteiger partial charge in [-0.05, 0) is 42.0 Å². The van der Waals surface area contributed by atoms with Gasteiger partial charge in [0.05, 0.1) is 31.2 Å². The summed E-state index contributed by atoms with van der Waals surface area (Å²) in [5.41, 5.74) is 1.13. The molecule has 150 valence electrons. The molecule has 0 bridgehead atoms. The fourth-order valence-corrected chi connectivity index (χ4v) is 4.57. The summed E-state index contributed by atoms with van der Waals surface area (Å²) in [6, 6.07) is 17.7. The first-order valence-electron chi connectivity index (χ1n) is 9.87. The molecule has 0 aliphatic carbocycles. The Balaban J connectivity index is 1.47. The minimum Gasteiger partial charge on any atom is -0.467 e. The highest BCUT2D eigenvalue weighted by molar-refractivity contribution is 7.10. The molecule has 2 atom stereocenters. The van der Waals surface area contributed by atoms with Crippen molar-refractivity contribution < 1.29 is 14.0 Å². The van der Waals surface area contributed by atoms with Gasteiger partial charge in [0, 0.05) is 11.4 Å². The van der Waals surface area contributed by atoms with Crippen molar-refractivity contribution in [1.29, 1.82) is 0 Å². The van der Waals surface area contributed by atoms with E-state index >= 15 is 0 Å². The van der Waals surface area contributed by atoms with Crippen LogP contribution >= 0.6 is 11.3 Å². The van der Waals surface area contributed by atoms with Crippen molar-refractivity contribution in [2.24, 2.45) is 5.92 Å². The number of thiophene rings is 1. The molecular formula is C23H24N2O3S. The molecule has 0 radical (unpaired) electrons. The number of benzene rings is 1. The molecule has 6 heteroatoms. The predicted octanol–water partition coefficient (Wildman–Crippen LogP) is 4.18. The average molecular weight is 409 g/mol. The summed E-state index contributed by atoms with van der Waals surface area (Å²) in [5, 5.41) is 4.93. The van der Waals surface area contributed by atoms with Crippen LogP contribution in [-0.2, 0) is 22.6 Å². The number of likely N-dealkylation sites (tertiary alicyclic amines) is 1. The lowest BCUT2D eigenvalue weighted by atomic mass is 9.88. The van der Waals surface area contributed by atoms with E-state index in [0.717, 1.165) is 29.0 Å². The molecule has 0 unspecified atom stereocenters. The third kappa shape index (κ3) is 4.77. The maximum Gasteiger partial charge on any atom is 0.228 e. The van der Waals surface area contributed by atoms with Crippen LogP contribution < -0.4 is 5.32 Å². The quantitative estimate of drug-likeness (QED) is 0.666. The van der Waals surface area contributed by atoms with Crippen molar-refractivity contribution in [3.63, 3.8) is 0 Å². The Hall–Kier alpha value is -2.86. The number of piperidine rings is 1. The van der Waals surface area contributed by atoms with Crippen LogP contribution in [0.5, 0.6) is 0 Å². The van der Waals surface area contributed by atoms with Gasteiger partial charge < -0.3 is 14.6 Å². The zero-order valence-electron chi connectivity index (χ0n) is 16.1. The molecule has 5 nitrogen and oxygen atoms in total. The summed E-state index contributed by atoms with van der Waals surface area (Å²) in [7, 11) is 0. The summed E-state index contributed by atoms with van der Waals surface area (Å²) < 4.78 is 5.29. The molecule has 1 aliphatic rings. The summed E-state index contributed by atoms with van der Waals surface area (Å²) in [5.74, 6) is 0.561. The third-order valence-corrected chi connectivity index (χ3v) is 6.26. The van der Waals surface area contributed by atoms with Gasteiger partial charge in [0.2, 0.25) is 11.8 Å². The largest absolute Gasteiger partial charge is 0.467 e. The van der Waals surface area contributed by atoms with Crippen LogP contribution in [0.4, 0.5) is 0 Å². The first-order chi connectivity index (χ1) is 14.2. The summed E-state index contributed by atoms with van der Waals surface area (Å²) >= 11 is 1.59. The van der Waals surface area contributed by atoms with Crippen LogP contribution in [-0.4, -0.2) is 23.3 Å². The highest BCUT2D eigenvalue weighted by atomic mass is 32.1. The standard InChI is InChI=1S/C23H24N2O3S/c26-22(14-20-9-5-13-29-20)25-16-18(23(27)24-15-19-8-4-12-28-19)10-11-21(25)17-6-2-1-3-7-17/h1-9,12-13,18,21H,10-11,14-16H2,(H,24,27)/t18-,21+/m1/s1. The lowest BCUT2D eigenvalue weighted by Crippen LogP contribution is -2.47. The van der Waals surface area contributed by atoms with Crippen LogP contribution in [0.3, 0.4) is 0 Å². The Morgan fingerprint density at radius 3 is 2.66 bits per heavy atom. The van der Waals surface area contributed by atoms with Gasteiger partial charge in [-0.2, -0.15) is 0 Å². The second kappa shape index (κ2) is 9.09. The highest BCUT2D eigenvalue weighted by Gasteiger charge is 2.35. The van der Waals surface area contributed by atoms with Crippen LogP contribution in [0.2, 0.25) is 0 Å². The zero-order valence-corrected chi connectivity index (χ0v) is 16.9. The molecule has 0 spiro atoms. The molecule has 1 aromatic carbocycles. The van der Waals surface area contributed by atoms with E-state index in [9.17, 15) is 9.59 Å². The molecule has 1 saturated heterocycles. The van der Waals surface area contributed by atoms with Gasteiger partial charge in [0.1, 0.15) is 5.76 Å². The second-order valence-corrected chi connectivity index (χ2v) is 8.33. The summed E-state index contributed by atoms with van der Waals surface area (Å²) in [4.78, 5) is 28.8. The zero-order chi connectivity index (χ0) is 20.1. The van der Waals surface area contributed by atoms with Gasteiger partial charge in [-0.1, -0.05) is 36.4 Å². The first kappa shape index (κ1) is 19.5. The molecule has 3 aromatic rings. The smallest absolute Gasteiger partial charge is 0.228 e. The Morgan fingerprint density at radius 1 is 1.07 bits per heavy atom. The maximum atomic E-state index is 13.1. The van der Waals surface area contributed by atoms with Crippen LogP contribution in [0.15, 0.2) is 70.7 Å². The molecule has 1 N–H and O–H groups in total. The molecule has 2 amide bonds. The molecular weight excluding hydrogens is 384 g/mol. The monoisotopic (exact) mass is 408 g/mol. The normalized spacial score (nSPS) is 19.1. The average Bonchev–Trinajstić information content (AvgIpc) is 3.46. The van der Waals surface area contributed by atoms with Crippen molar-refractivity contribution in [1.82, 2.24) is 10.2 Å². The molecule has 1 aliphatic heterocycles. The number of hydrogen-bond donors (Lipinski definition) is 1. The molecule has 3 heterocycles. The SMILES string of the molecule is O=C(NCc1ccco1)[C@@H]1CC[C@@H](c2ccccc2)N(C(=O)Cc2cccs2)C1. The van der Waals surface area contributed by atoms with Gasteiger partial charge in [0.25, 0.3) is 0 Å². The second-order valence-electron chi connectivity index (χ2n) is 7.30. The van der Waals surface area contributed by atoms with Crippen molar-refractivity contribution in [2.45, 2.75) is 31.8 Å². The number of hydrogen-bond acceptors (Lipinski definition) is 4. The lowest BCUT2D eigenvalue weighted by Gasteiger charge is -2.39. The topological polar surface area (TPSA) is 62.6 Å². The van der Waals surface area contributed by atoms with Crippen LogP contribution in [0.1, 0.15) is 35.1 Å². The number of carbonyl (C=O) groups excluding carboxylic acids is 2. The Bertz CT molecular complexity index is 922. The number of carbonyl (C=O) groups is 2. The number of nitrogens with zero attached hydrogens (tertiary/aromatic N) is 1. The van der Waals surface area contributed by atoms with Gasteiger partial charge in [0.15, 0.2) is 0 Å².